The van der Waals surface area contributed by atoms with Gasteiger partial charge in [-0.1, -0.05) is 22.0 Å². The zero-order valence-electron chi connectivity index (χ0n) is 14.1. The van der Waals surface area contributed by atoms with Crippen LogP contribution in [0.25, 0.3) is 5.65 Å². The van der Waals surface area contributed by atoms with E-state index in [0.717, 1.165) is 40.0 Å². The van der Waals surface area contributed by atoms with Crippen LogP contribution in [0.5, 0.6) is 5.75 Å². The second-order valence-corrected chi connectivity index (χ2v) is 6.59. The lowest BCUT2D eigenvalue weighted by atomic mass is 10.1. The van der Waals surface area contributed by atoms with E-state index in [2.05, 4.69) is 31.3 Å². The Balaban J connectivity index is 1.58. The van der Waals surface area contributed by atoms with Gasteiger partial charge in [-0.3, -0.25) is 4.79 Å². The molecule has 3 rings (SSSR count). The van der Waals surface area contributed by atoms with E-state index in [1.807, 2.05) is 25.1 Å². The summed E-state index contributed by atoms with van der Waals surface area (Å²) in [4.78, 5) is 16.6. The first-order valence-corrected chi connectivity index (χ1v) is 8.79. The Labute approximate surface area is 154 Å². The summed E-state index contributed by atoms with van der Waals surface area (Å²) < 4.78 is 8.04. The third kappa shape index (κ3) is 3.82. The van der Waals surface area contributed by atoms with Gasteiger partial charge in [0.05, 0.1) is 24.6 Å². The van der Waals surface area contributed by atoms with Gasteiger partial charge in [0.15, 0.2) is 5.65 Å². The topological polar surface area (TPSA) is 68.5 Å². The fraction of sp³-hybridized carbons (Fsp3) is 0.278. The second-order valence-electron chi connectivity index (χ2n) is 5.67. The smallest absolute Gasteiger partial charge is 0.254 e. The molecule has 0 aliphatic heterocycles. The van der Waals surface area contributed by atoms with E-state index in [1.165, 1.54) is 0 Å². The molecule has 130 valence electrons. The fourth-order valence-corrected chi connectivity index (χ4v) is 3.05. The molecular formula is C18H19BrN4O2. The fourth-order valence-electron chi connectivity index (χ4n) is 2.71. The number of hydrogen-bond donors (Lipinski definition) is 1. The number of methoxy groups -OCH3 is 1. The van der Waals surface area contributed by atoms with Crippen LogP contribution in [0.15, 0.2) is 41.1 Å². The number of carbonyl (C=O) groups excluding carboxylic acids is 1. The van der Waals surface area contributed by atoms with Gasteiger partial charge in [0.25, 0.3) is 5.91 Å². The summed E-state index contributed by atoms with van der Waals surface area (Å²) in [6.45, 7) is 2.44. The predicted molar refractivity (Wildman–Crippen MR) is 99.1 cm³/mol. The summed E-state index contributed by atoms with van der Waals surface area (Å²) in [6, 6.07) is 7.78. The SMILES string of the molecule is COc1cc(Br)ccc1CCCNC(=O)c1cnc2ccnn2c1C. The summed E-state index contributed by atoms with van der Waals surface area (Å²) in [6.07, 6.45) is 4.91. The Kier molecular flexibility index (Phi) is 5.33. The summed E-state index contributed by atoms with van der Waals surface area (Å²) in [5.41, 5.74) is 3.17. The van der Waals surface area contributed by atoms with Crippen molar-refractivity contribution in [2.24, 2.45) is 0 Å². The maximum Gasteiger partial charge on any atom is 0.254 e. The van der Waals surface area contributed by atoms with Crippen molar-refractivity contribution in [3.05, 3.63) is 58.0 Å². The van der Waals surface area contributed by atoms with Crippen LogP contribution in [0.2, 0.25) is 0 Å². The van der Waals surface area contributed by atoms with E-state index in [9.17, 15) is 4.79 Å². The number of hydrogen-bond acceptors (Lipinski definition) is 4. The lowest BCUT2D eigenvalue weighted by Crippen LogP contribution is -2.26. The molecule has 1 aromatic carbocycles. The molecule has 6 nitrogen and oxygen atoms in total. The Morgan fingerprint density at radius 2 is 2.20 bits per heavy atom. The molecular weight excluding hydrogens is 384 g/mol. The number of nitrogens with one attached hydrogen (secondary N) is 1. The minimum atomic E-state index is -0.134. The van der Waals surface area contributed by atoms with E-state index in [0.29, 0.717) is 12.1 Å². The molecule has 0 fully saturated rings. The maximum absolute atomic E-state index is 12.4. The van der Waals surface area contributed by atoms with Crippen LogP contribution in [-0.2, 0) is 6.42 Å². The Hall–Kier alpha value is -2.41. The summed E-state index contributed by atoms with van der Waals surface area (Å²) in [5, 5.41) is 7.13. The highest BCUT2D eigenvalue weighted by molar-refractivity contribution is 9.10. The van der Waals surface area contributed by atoms with E-state index < -0.39 is 0 Å². The predicted octanol–water partition coefficient (Wildman–Crippen LogP) is 3.17. The first-order chi connectivity index (χ1) is 12.1. The second kappa shape index (κ2) is 7.65. The van der Waals surface area contributed by atoms with Crippen LogP contribution < -0.4 is 10.1 Å². The Morgan fingerprint density at radius 1 is 1.36 bits per heavy atom. The van der Waals surface area contributed by atoms with E-state index in [4.69, 9.17) is 4.74 Å². The minimum Gasteiger partial charge on any atom is -0.496 e. The number of benzene rings is 1. The third-order valence-electron chi connectivity index (χ3n) is 4.06. The van der Waals surface area contributed by atoms with Crippen LogP contribution in [0.1, 0.15) is 28.0 Å². The quantitative estimate of drug-likeness (QED) is 0.642. The third-order valence-corrected chi connectivity index (χ3v) is 4.55. The molecule has 0 radical (unpaired) electrons. The molecule has 1 amide bonds. The lowest BCUT2D eigenvalue weighted by Gasteiger charge is -2.10. The van der Waals surface area contributed by atoms with Crippen LogP contribution in [0.3, 0.4) is 0 Å². The summed E-state index contributed by atoms with van der Waals surface area (Å²) in [7, 11) is 1.66. The monoisotopic (exact) mass is 402 g/mol. The number of aryl methyl sites for hydroxylation is 2. The van der Waals surface area contributed by atoms with Gasteiger partial charge in [-0.15, -0.1) is 0 Å². The Morgan fingerprint density at radius 3 is 3.00 bits per heavy atom. The van der Waals surface area contributed by atoms with E-state index in [-0.39, 0.29) is 5.91 Å². The van der Waals surface area contributed by atoms with E-state index in [1.54, 1.807) is 30.1 Å². The van der Waals surface area contributed by atoms with Crippen LogP contribution >= 0.6 is 15.9 Å². The van der Waals surface area contributed by atoms with Gasteiger partial charge in [-0.2, -0.15) is 5.10 Å². The number of nitrogens with zero attached hydrogens (tertiary/aromatic N) is 3. The molecule has 25 heavy (non-hydrogen) atoms. The molecule has 7 heteroatoms. The van der Waals surface area contributed by atoms with Gasteiger partial charge in [-0.25, -0.2) is 9.50 Å². The van der Waals surface area contributed by atoms with Crippen molar-refractivity contribution in [3.63, 3.8) is 0 Å². The molecule has 0 unspecified atom stereocenters. The normalized spacial score (nSPS) is 10.8. The average molecular weight is 403 g/mol. The molecule has 0 aliphatic rings. The lowest BCUT2D eigenvalue weighted by molar-refractivity contribution is 0.0951. The van der Waals surface area contributed by atoms with Gasteiger partial charge in [-0.05, 0) is 37.5 Å². The molecule has 0 saturated carbocycles. The van der Waals surface area contributed by atoms with Gasteiger partial charge in [0.2, 0.25) is 0 Å². The van der Waals surface area contributed by atoms with Gasteiger partial charge in [0.1, 0.15) is 5.75 Å². The molecule has 0 bridgehead atoms. The van der Waals surface area contributed by atoms with Crippen molar-refractivity contribution >= 4 is 27.5 Å². The number of fused-ring (bicyclic) bond motifs is 1. The van der Waals surface area contributed by atoms with Crippen molar-refractivity contribution < 1.29 is 9.53 Å². The van der Waals surface area contributed by atoms with Crippen molar-refractivity contribution in [1.29, 1.82) is 0 Å². The molecule has 1 N–H and O–H groups in total. The highest BCUT2D eigenvalue weighted by atomic mass is 79.9. The average Bonchev–Trinajstić information content (AvgIpc) is 3.09. The molecule has 0 aliphatic carbocycles. The van der Waals surface area contributed by atoms with Gasteiger partial charge >= 0.3 is 0 Å². The number of amides is 1. The zero-order chi connectivity index (χ0) is 17.8. The Bertz CT molecular complexity index is 907. The highest BCUT2D eigenvalue weighted by Crippen LogP contribution is 2.24. The first kappa shape index (κ1) is 17.4. The molecule has 0 saturated heterocycles. The van der Waals surface area contributed by atoms with Crippen molar-refractivity contribution in [2.75, 3.05) is 13.7 Å². The van der Waals surface area contributed by atoms with Crippen LogP contribution in [-0.4, -0.2) is 34.2 Å². The molecule has 0 spiro atoms. The first-order valence-electron chi connectivity index (χ1n) is 8.00. The maximum atomic E-state index is 12.4. The van der Waals surface area contributed by atoms with Crippen molar-refractivity contribution in [1.82, 2.24) is 19.9 Å². The van der Waals surface area contributed by atoms with E-state index >= 15 is 0 Å². The summed E-state index contributed by atoms with van der Waals surface area (Å²) in [5.74, 6) is 0.718. The molecule has 3 aromatic rings. The van der Waals surface area contributed by atoms with Gasteiger partial charge < -0.3 is 10.1 Å². The van der Waals surface area contributed by atoms with Crippen molar-refractivity contribution in [3.8, 4) is 5.75 Å². The standard InChI is InChI=1S/C18H19BrN4O2/c1-12-15(11-21-17-7-9-22-23(12)17)18(24)20-8-3-4-13-5-6-14(19)10-16(13)25-2/h5-7,9-11H,3-4,8H2,1-2H3,(H,20,24). The van der Waals surface area contributed by atoms with Crippen LogP contribution in [0.4, 0.5) is 0 Å². The molecule has 0 atom stereocenters. The highest BCUT2D eigenvalue weighted by Gasteiger charge is 2.12. The van der Waals surface area contributed by atoms with Gasteiger partial charge in [0, 0.05) is 23.3 Å². The number of rotatable bonds is 6. The number of aromatic nitrogens is 3. The number of halogens is 1. The molecule has 2 heterocycles. The van der Waals surface area contributed by atoms with Crippen LogP contribution in [0, 0.1) is 6.92 Å². The number of ether oxygens (including phenoxy) is 1. The minimum absolute atomic E-state index is 0.134. The van der Waals surface area contributed by atoms with Crippen molar-refractivity contribution in [2.45, 2.75) is 19.8 Å². The molecule has 2 aromatic heterocycles. The zero-order valence-corrected chi connectivity index (χ0v) is 15.7. The largest absolute Gasteiger partial charge is 0.496 e. The number of carbonyl (C=O) groups is 1. The summed E-state index contributed by atoms with van der Waals surface area (Å²) >= 11 is 3.43.